The minimum absolute atomic E-state index is 0.0299. The third-order valence-corrected chi connectivity index (χ3v) is 2.94. The quantitative estimate of drug-likeness (QED) is 0.798. The van der Waals surface area contributed by atoms with E-state index in [-0.39, 0.29) is 17.9 Å². The van der Waals surface area contributed by atoms with E-state index in [0.29, 0.717) is 31.2 Å². The molecule has 0 aromatic carbocycles. The van der Waals surface area contributed by atoms with Gasteiger partial charge in [0.15, 0.2) is 5.75 Å². The lowest BCUT2D eigenvalue weighted by molar-refractivity contribution is 0.0596. The maximum atomic E-state index is 12.5. The van der Waals surface area contributed by atoms with Gasteiger partial charge in [0.25, 0.3) is 0 Å². The molecule has 0 bridgehead atoms. The fraction of sp³-hybridized carbons (Fsp3) is 0.667. The monoisotopic (exact) mass is 253 g/mol. The van der Waals surface area contributed by atoms with E-state index in [1.165, 1.54) is 0 Å². The van der Waals surface area contributed by atoms with Gasteiger partial charge < -0.3 is 14.8 Å². The number of aromatic nitrogens is 2. The molecule has 0 amide bonds. The minimum atomic E-state index is -0.318. The Hall–Kier alpha value is -1.40. The molecule has 6 nitrogen and oxygen atoms in total. The molecule has 1 unspecified atom stereocenters. The van der Waals surface area contributed by atoms with Gasteiger partial charge in [0.2, 0.25) is 5.78 Å². The van der Waals surface area contributed by atoms with Gasteiger partial charge in [0.1, 0.15) is 5.69 Å². The summed E-state index contributed by atoms with van der Waals surface area (Å²) in [6, 6.07) is -0.209. The largest absolute Gasteiger partial charge is 0.493 e. The summed E-state index contributed by atoms with van der Waals surface area (Å²) in [4.78, 5) is 12.5. The Bertz CT molecular complexity index is 422. The van der Waals surface area contributed by atoms with Crippen molar-refractivity contribution >= 4 is 5.78 Å². The topological polar surface area (TPSA) is 65.4 Å². The molecule has 0 saturated carbocycles. The van der Waals surface area contributed by atoms with Crippen molar-refractivity contribution in [3.63, 3.8) is 0 Å². The highest BCUT2D eigenvalue weighted by atomic mass is 16.5. The van der Waals surface area contributed by atoms with E-state index in [4.69, 9.17) is 9.47 Å². The van der Waals surface area contributed by atoms with E-state index in [2.05, 4.69) is 10.4 Å². The molecule has 2 heterocycles. The van der Waals surface area contributed by atoms with Crippen LogP contribution in [0.1, 0.15) is 30.4 Å². The molecular weight excluding hydrogens is 234 g/mol. The first kappa shape index (κ1) is 13.0. The summed E-state index contributed by atoms with van der Waals surface area (Å²) in [5.74, 6) is 0.485. The maximum Gasteiger partial charge on any atom is 0.203 e. The van der Waals surface area contributed by atoms with Crippen molar-refractivity contribution < 1.29 is 14.3 Å². The predicted octanol–water partition coefficient (Wildman–Crippen LogP) is 0.644. The number of nitrogens with zero attached hydrogens (tertiary/aromatic N) is 2. The normalized spacial score (nSPS) is 20.1. The highest BCUT2D eigenvalue weighted by Crippen LogP contribution is 2.22. The zero-order chi connectivity index (χ0) is 13.1. The number of hydrogen-bond donors (Lipinski definition) is 1. The van der Waals surface area contributed by atoms with Crippen molar-refractivity contribution in [3.8, 4) is 5.75 Å². The molecule has 1 saturated heterocycles. The van der Waals surface area contributed by atoms with Gasteiger partial charge in [-0.05, 0) is 13.8 Å². The van der Waals surface area contributed by atoms with Crippen molar-refractivity contribution in [1.29, 1.82) is 0 Å². The molecule has 1 atom stereocenters. The van der Waals surface area contributed by atoms with Gasteiger partial charge in [0.05, 0.1) is 32.6 Å². The molecule has 1 aliphatic heterocycles. The Labute approximate surface area is 106 Å². The maximum absolute atomic E-state index is 12.5. The first-order chi connectivity index (χ1) is 8.65. The number of morpholine rings is 1. The van der Waals surface area contributed by atoms with E-state index < -0.39 is 0 Å². The molecule has 100 valence electrons. The number of carbonyl (C=O) groups excluding carboxylic acids is 1. The van der Waals surface area contributed by atoms with Crippen molar-refractivity contribution in [2.45, 2.75) is 25.9 Å². The molecule has 0 spiro atoms. The van der Waals surface area contributed by atoms with Crippen LogP contribution >= 0.6 is 0 Å². The van der Waals surface area contributed by atoms with Gasteiger partial charge in [-0.25, -0.2) is 0 Å². The lowest BCUT2D eigenvalue weighted by Gasteiger charge is -2.23. The fourth-order valence-electron chi connectivity index (χ4n) is 2.02. The summed E-state index contributed by atoms with van der Waals surface area (Å²) in [6.45, 7) is 5.69. The van der Waals surface area contributed by atoms with Gasteiger partial charge in [-0.2, -0.15) is 5.10 Å². The Morgan fingerprint density at radius 2 is 2.44 bits per heavy atom. The SMILES string of the molecule is COc1cnn(C(C)C)c1C(=O)C1COCCN1. The third-order valence-electron chi connectivity index (χ3n) is 2.94. The number of nitrogens with one attached hydrogen (secondary N) is 1. The van der Waals surface area contributed by atoms with Gasteiger partial charge in [-0.1, -0.05) is 0 Å². The van der Waals surface area contributed by atoms with Crippen LogP contribution in [0.5, 0.6) is 5.75 Å². The van der Waals surface area contributed by atoms with Crippen molar-refractivity contribution in [2.75, 3.05) is 26.9 Å². The number of carbonyl (C=O) groups is 1. The Balaban J connectivity index is 2.29. The van der Waals surface area contributed by atoms with Crippen LogP contribution in [-0.4, -0.2) is 48.5 Å². The van der Waals surface area contributed by atoms with Crippen LogP contribution in [0.3, 0.4) is 0 Å². The highest BCUT2D eigenvalue weighted by Gasteiger charge is 2.29. The van der Waals surface area contributed by atoms with Crippen molar-refractivity contribution in [1.82, 2.24) is 15.1 Å². The summed E-state index contributed by atoms with van der Waals surface area (Å²) in [5, 5.41) is 7.36. The van der Waals surface area contributed by atoms with Crippen LogP contribution in [0.2, 0.25) is 0 Å². The average molecular weight is 253 g/mol. The number of rotatable bonds is 4. The molecule has 1 fully saturated rings. The molecule has 1 N–H and O–H groups in total. The van der Waals surface area contributed by atoms with Gasteiger partial charge >= 0.3 is 0 Å². The first-order valence-electron chi connectivity index (χ1n) is 6.12. The molecule has 0 radical (unpaired) electrons. The fourth-order valence-corrected chi connectivity index (χ4v) is 2.02. The Morgan fingerprint density at radius 1 is 1.67 bits per heavy atom. The number of ketones is 1. The van der Waals surface area contributed by atoms with Crippen LogP contribution < -0.4 is 10.1 Å². The third kappa shape index (κ3) is 2.39. The van der Waals surface area contributed by atoms with Gasteiger partial charge in [0, 0.05) is 12.6 Å². The molecular formula is C12H19N3O3. The summed E-state index contributed by atoms with van der Waals surface area (Å²) < 4.78 is 12.2. The molecule has 1 aromatic heterocycles. The van der Waals surface area contributed by atoms with Crippen LogP contribution in [0.4, 0.5) is 0 Å². The molecule has 18 heavy (non-hydrogen) atoms. The zero-order valence-corrected chi connectivity index (χ0v) is 11.0. The summed E-state index contributed by atoms with van der Waals surface area (Å²) in [5.41, 5.74) is 0.510. The molecule has 1 aromatic rings. The first-order valence-corrected chi connectivity index (χ1v) is 6.12. The summed E-state index contributed by atoms with van der Waals surface area (Å²) >= 11 is 0. The van der Waals surface area contributed by atoms with Crippen LogP contribution in [0.15, 0.2) is 6.20 Å². The average Bonchev–Trinajstić information content (AvgIpc) is 2.82. The number of methoxy groups -OCH3 is 1. The van der Waals surface area contributed by atoms with E-state index >= 15 is 0 Å². The second kappa shape index (κ2) is 5.49. The molecule has 2 rings (SSSR count). The van der Waals surface area contributed by atoms with Gasteiger partial charge in [-0.15, -0.1) is 0 Å². The van der Waals surface area contributed by atoms with Gasteiger partial charge in [-0.3, -0.25) is 9.48 Å². The van der Waals surface area contributed by atoms with E-state index in [9.17, 15) is 4.79 Å². The second-order valence-corrected chi connectivity index (χ2v) is 4.55. The lowest BCUT2D eigenvalue weighted by Crippen LogP contribution is -2.47. The van der Waals surface area contributed by atoms with Crippen LogP contribution in [0, 0.1) is 0 Å². The number of hydrogen-bond acceptors (Lipinski definition) is 5. The van der Waals surface area contributed by atoms with E-state index in [1.807, 2.05) is 13.8 Å². The second-order valence-electron chi connectivity index (χ2n) is 4.55. The standard InChI is InChI=1S/C12H19N3O3/c1-8(2)15-11(10(17-3)6-14-15)12(16)9-7-18-5-4-13-9/h6,8-9,13H,4-5,7H2,1-3H3. The van der Waals surface area contributed by atoms with Crippen molar-refractivity contribution in [2.24, 2.45) is 0 Å². The number of ether oxygens (including phenoxy) is 2. The zero-order valence-electron chi connectivity index (χ0n) is 11.0. The molecule has 0 aliphatic carbocycles. The molecule has 6 heteroatoms. The summed E-state index contributed by atoms with van der Waals surface area (Å²) in [7, 11) is 1.54. The highest BCUT2D eigenvalue weighted by molar-refractivity contribution is 6.01. The molecule has 1 aliphatic rings. The van der Waals surface area contributed by atoms with E-state index in [0.717, 1.165) is 0 Å². The number of Topliss-reactive ketones (excluding diaryl/α,β-unsaturated/α-hetero) is 1. The van der Waals surface area contributed by atoms with Crippen LogP contribution in [-0.2, 0) is 4.74 Å². The van der Waals surface area contributed by atoms with E-state index in [1.54, 1.807) is 18.0 Å². The smallest absolute Gasteiger partial charge is 0.203 e. The minimum Gasteiger partial charge on any atom is -0.493 e. The Morgan fingerprint density at radius 3 is 3.00 bits per heavy atom. The lowest BCUT2D eigenvalue weighted by atomic mass is 10.1. The summed E-state index contributed by atoms with van der Waals surface area (Å²) in [6.07, 6.45) is 1.58. The predicted molar refractivity (Wildman–Crippen MR) is 66.1 cm³/mol. The Kier molecular flexibility index (Phi) is 3.98. The van der Waals surface area contributed by atoms with Crippen LogP contribution in [0.25, 0.3) is 0 Å². The van der Waals surface area contributed by atoms with Crippen molar-refractivity contribution in [3.05, 3.63) is 11.9 Å².